The van der Waals surface area contributed by atoms with E-state index in [1.165, 1.54) is 11.1 Å². The van der Waals surface area contributed by atoms with Crippen molar-refractivity contribution in [2.45, 2.75) is 60.8 Å². The van der Waals surface area contributed by atoms with Crippen LogP contribution in [-0.4, -0.2) is 11.6 Å². The maximum atomic E-state index is 13.5. The molecule has 0 saturated heterocycles. The first-order valence-electron chi connectivity index (χ1n) is 11.2. The van der Waals surface area contributed by atoms with Crippen molar-refractivity contribution in [3.8, 4) is 0 Å². The highest BCUT2D eigenvalue weighted by Gasteiger charge is 2.31. The second kappa shape index (κ2) is 11.1. The highest BCUT2D eigenvalue weighted by atomic mass is 16.1. The van der Waals surface area contributed by atoms with Gasteiger partial charge < -0.3 is 0 Å². The highest BCUT2D eigenvalue weighted by Crippen LogP contribution is 2.31. The molecule has 0 radical (unpaired) electrons. The molecule has 0 spiro atoms. The smallest absolute Gasteiger partial charge is 0.170 e. The molecule has 2 atom stereocenters. The second-order valence-electron chi connectivity index (χ2n) is 8.77. The van der Waals surface area contributed by atoms with Crippen molar-refractivity contribution >= 4 is 11.6 Å². The van der Waals surface area contributed by atoms with E-state index in [4.69, 9.17) is 0 Å². The lowest BCUT2D eigenvalue weighted by Gasteiger charge is -2.27. The van der Waals surface area contributed by atoms with E-state index in [0.29, 0.717) is 6.42 Å². The topological polar surface area (TPSA) is 34.1 Å². The van der Waals surface area contributed by atoms with Gasteiger partial charge in [-0.3, -0.25) is 9.59 Å². The molecule has 160 valence electrons. The van der Waals surface area contributed by atoms with Gasteiger partial charge in [-0.1, -0.05) is 87.9 Å². The first-order valence-corrected chi connectivity index (χ1v) is 11.2. The summed E-state index contributed by atoms with van der Waals surface area (Å²) in [5.41, 5.74) is 4.99. The Morgan fingerprint density at radius 2 is 1.27 bits per heavy atom. The van der Waals surface area contributed by atoms with Gasteiger partial charge in [-0.05, 0) is 49.7 Å². The van der Waals surface area contributed by atoms with Crippen LogP contribution < -0.4 is 0 Å². The third-order valence-corrected chi connectivity index (χ3v) is 5.89. The van der Waals surface area contributed by atoms with Gasteiger partial charge >= 0.3 is 0 Å². The molecule has 0 aliphatic rings. The number of carbonyl (C=O) groups is 2. The fourth-order valence-electron chi connectivity index (χ4n) is 3.89. The molecule has 2 aromatic carbocycles. The van der Waals surface area contributed by atoms with Gasteiger partial charge in [0.2, 0.25) is 0 Å². The third-order valence-electron chi connectivity index (χ3n) is 5.89. The van der Waals surface area contributed by atoms with E-state index in [0.717, 1.165) is 29.5 Å². The summed E-state index contributed by atoms with van der Waals surface area (Å²) in [7, 11) is 0. The molecule has 2 heteroatoms. The number of aryl methyl sites for hydroxylation is 2. The van der Waals surface area contributed by atoms with Crippen molar-refractivity contribution in [2.24, 2.45) is 17.8 Å². The fraction of sp³-hybridized carbons (Fsp3) is 0.429. The zero-order valence-electron chi connectivity index (χ0n) is 19.4. The average molecular weight is 405 g/mol. The third kappa shape index (κ3) is 6.26. The van der Waals surface area contributed by atoms with Crippen LogP contribution in [0.5, 0.6) is 0 Å². The van der Waals surface area contributed by atoms with Crippen molar-refractivity contribution in [1.29, 1.82) is 0 Å². The van der Waals surface area contributed by atoms with E-state index in [2.05, 4.69) is 27.7 Å². The van der Waals surface area contributed by atoms with E-state index in [1.807, 2.05) is 68.5 Å². The molecule has 0 saturated carbocycles. The number of Topliss-reactive ketones (excluding diaryl/α,β-unsaturated/α-hetero) is 2. The van der Waals surface area contributed by atoms with Gasteiger partial charge in [-0.15, -0.1) is 0 Å². The summed E-state index contributed by atoms with van der Waals surface area (Å²) in [6.07, 6.45) is 4.33. The molecule has 0 N–H and O–H groups in total. The van der Waals surface area contributed by atoms with Crippen LogP contribution in [-0.2, 0) is 12.8 Å². The van der Waals surface area contributed by atoms with Crippen LogP contribution in [0.25, 0.3) is 0 Å². The predicted molar refractivity (Wildman–Crippen MR) is 126 cm³/mol. The normalized spacial score (nSPS) is 13.0. The van der Waals surface area contributed by atoms with E-state index >= 15 is 0 Å². The summed E-state index contributed by atoms with van der Waals surface area (Å²) in [5, 5.41) is 0. The second-order valence-corrected chi connectivity index (χ2v) is 8.77. The molecular formula is C28H36O2. The summed E-state index contributed by atoms with van der Waals surface area (Å²) >= 11 is 0. The lowest BCUT2D eigenvalue weighted by molar-refractivity contribution is 0.0839. The number of hydrogen-bond acceptors (Lipinski definition) is 2. The van der Waals surface area contributed by atoms with Gasteiger partial charge in [0.15, 0.2) is 11.6 Å². The van der Waals surface area contributed by atoms with Crippen molar-refractivity contribution in [1.82, 2.24) is 0 Å². The van der Waals surface area contributed by atoms with Gasteiger partial charge in [0.25, 0.3) is 0 Å². The Morgan fingerprint density at radius 1 is 0.800 bits per heavy atom. The van der Waals surface area contributed by atoms with Gasteiger partial charge in [-0.25, -0.2) is 0 Å². The largest absolute Gasteiger partial charge is 0.294 e. The van der Waals surface area contributed by atoms with Crippen LogP contribution in [0.3, 0.4) is 0 Å². The Morgan fingerprint density at radius 3 is 1.67 bits per heavy atom. The number of hydrogen-bond donors (Lipinski definition) is 0. The quantitative estimate of drug-likeness (QED) is 0.312. The van der Waals surface area contributed by atoms with E-state index in [9.17, 15) is 9.59 Å². The molecule has 0 bridgehead atoms. The molecule has 2 aromatic rings. The predicted octanol–water partition coefficient (Wildman–Crippen LogP) is 7.12. The number of rotatable bonds is 10. The Labute approximate surface area is 182 Å². The van der Waals surface area contributed by atoms with E-state index in [1.54, 1.807) is 0 Å². The summed E-state index contributed by atoms with van der Waals surface area (Å²) in [5.74, 6) is 0.0746. The Kier molecular flexibility index (Phi) is 8.77. The molecule has 0 amide bonds. The minimum absolute atomic E-state index is 0.0448. The summed E-state index contributed by atoms with van der Waals surface area (Å²) in [4.78, 5) is 26.5. The van der Waals surface area contributed by atoms with Crippen molar-refractivity contribution in [2.75, 3.05) is 0 Å². The Bertz CT molecular complexity index is 866. The molecule has 30 heavy (non-hydrogen) atoms. The van der Waals surface area contributed by atoms with Crippen LogP contribution >= 0.6 is 0 Å². The van der Waals surface area contributed by atoms with Crippen LogP contribution in [0, 0.1) is 17.8 Å². The number of ketones is 2. The minimum Gasteiger partial charge on any atom is -0.294 e. The molecular weight excluding hydrogens is 368 g/mol. The van der Waals surface area contributed by atoms with Crippen LogP contribution in [0.2, 0.25) is 0 Å². The minimum atomic E-state index is -0.304. The number of allylic oxidation sites excluding steroid dienone is 2. The van der Waals surface area contributed by atoms with Gasteiger partial charge in [0.1, 0.15) is 0 Å². The zero-order valence-corrected chi connectivity index (χ0v) is 19.4. The highest BCUT2D eigenvalue weighted by molar-refractivity contribution is 6.00. The SMILES string of the molecule is CCc1ccc(C(=O)CC(C(C)C)C(C=C(C)C)C(=O)c2ccc(CC)cc2)cc1. The van der Waals surface area contributed by atoms with Crippen LogP contribution in [0.15, 0.2) is 60.2 Å². The molecule has 2 unspecified atom stereocenters. The van der Waals surface area contributed by atoms with Gasteiger partial charge in [-0.2, -0.15) is 0 Å². The Balaban J connectivity index is 2.32. The summed E-state index contributed by atoms with van der Waals surface area (Å²) < 4.78 is 0. The van der Waals surface area contributed by atoms with Gasteiger partial charge in [0.05, 0.1) is 0 Å². The number of benzene rings is 2. The van der Waals surface area contributed by atoms with Crippen LogP contribution in [0.1, 0.15) is 79.8 Å². The zero-order chi connectivity index (χ0) is 22.3. The summed E-state index contributed by atoms with van der Waals surface area (Å²) in [6, 6.07) is 15.8. The maximum Gasteiger partial charge on any atom is 0.170 e. The van der Waals surface area contributed by atoms with Crippen LogP contribution in [0.4, 0.5) is 0 Å². The first-order chi connectivity index (χ1) is 14.3. The molecule has 2 rings (SSSR count). The first kappa shape index (κ1) is 23.8. The fourth-order valence-corrected chi connectivity index (χ4v) is 3.89. The summed E-state index contributed by atoms with van der Waals surface area (Å²) in [6.45, 7) is 12.5. The molecule has 0 aromatic heterocycles. The van der Waals surface area contributed by atoms with Crippen molar-refractivity contribution in [3.05, 3.63) is 82.4 Å². The number of carbonyl (C=O) groups excluding carboxylic acids is 2. The van der Waals surface area contributed by atoms with E-state index in [-0.39, 0.29) is 29.3 Å². The molecule has 0 aliphatic heterocycles. The molecule has 2 nitrogen and oxygen atoms in total. The standard InChI is InChI=1S/C28H36O2/c1-7-21-9-13-23(14-10-21)27(29)18-25(20(5)6)26(17-19(3)4)28(30)24-15-11-22(8-2)12-16-24/h9-17,20,25-26H,7-8,18H2,1-6H3. The molecule has 0 fully saturated rings. The van der Waals surface area contributed by atoms with E-state index < -0.39 is 0 Å². The lowest BCUT2D eigenvalue weighted by atomic mass is 9.75. The van der Waals surface area contributed by atoms with Crippen molar-refractivity contribution in [3.63, 3.8) is 0 Å². The Hall–Kier alpha value is -2.48. The van der Waals surface area contributed by atoms with Crippen molar-refractivity contribution < 1.29 is 9.59 Å². The maximum absolute atomic E-state index is 13.5. The molecule has 0 aliphatic carbocycles. The average Bonchev–Trinajstić information content (AvgIpc) is 2.75. The lowest BCUT2D eigenvalue weighted by Crippen LogP contribution is -2.29. The monoisotopic (exact) mass is 404 g/mol. The van der Waals surface area contributed by atoms with Gasteiger partial charge in [0, 0.05) is 23.5 Å². The molecule has 0 heterocycles.